The van der Waals surface area contributed by atoms with Gasteiger partial charge in [-0.25, -0.2) is 0 Å². The van der Waals surface area contributed by atoms with Crippen LogP contribution in [0.5, 0.6) is 0 Å². The molecule has 0 aromatic heterocycles. The molecule has 0 aliphatic carbocycles. The van der Waals surface area contributed by atoms with Gasteiger partial charge in [0.05, 0.1) is 0 Å². The van der Waals surface area contributed by atoms with E-state index in [0.717, 1.165) is 17.7 Å². The van der Waals surface area contributed by atoms with E-state index in [1.807, 2.05) is 49.4 Å². The molecule has 2 aromatic rings. The number of hydrogen-bond acceptors (Lipinski definition) is 1. The maximum Gasteiger partial charge on any atom is 0.255 e. The first-order valence-electron chi connectivity index (χ1n) is 7.08. The van der Waals surface area contributed by atoms with Crippen molar-refractivity contribution >= 4 is 11.6 Å². The van der Waals surface area contributed by atoms with Crippen molar-refractivity contribution in [3.63, 3.8) is 0 Å². The van der Waals surface area contributed by atoms with E-state index in [1.165, 1.54) is 5.56 Å². The first-order valence-corrected chi connectivity index (χ1v) is 7.08. The lowest BCUT2D eigenvalue weighted by atomic mass is 9.97. The second-order valence-electron chi connectivity index (χ2n) is 5.22. The highest BCUT2D eigenvalue weighted by Gasteiger charge is 2.11. The van der Waals surface area contributed by atoms with E-state index < -0.39 is 0 Å². The molecule has 1 atom stereocenters. The van der Waals surface area contributed by atoms with Gasteiger partial charge in [-0.1, -0.05) is 49.7 Å². The highest BCUT2D eigenvalue weighted by atomic mass is 16.1. The van der Waals surface area contributed by atoms with Crippen LogP contribution in [0.1, 0.15) is 47.7 Å². The molecule has 0 bridgehead atoms. The van der Waals surface area contributed by atoms with E-state index in [-0.39, 0.29) is 5.91 Å². The fourth-order valence-corrected chi connectivity index (χ4v) is 2.16. The molecule has 0 unspecified atom stereocenters. The number of anilines is 1. The normalized spacial score (nSPS) is 11.9. The van der Waals surface area contributed by atoms with Crippen molar-refractivity contribution in [3.05, 3.63) is 65.2 Å². The molecular formula is C18H21NO. The summed E-state index contributed by atoms with van der Waals surface area (Å²) in [6, 6.07) is 15.6. The molecule has 2 nitrogen and oxygen atoms in total. The molecule has 0 radical (unpaired) electrons. The molecule has 0 aliphatic rings. The third-order valence-electron chi connectivity index (χ3n) is 3.67. The lowest BCUT2D eigenvalue weighted by Gasteiger charge is -2.15. The molecule has 0 spiro atoms. The van der Waals surface area contributed by atoms with E-state index in [0.29, 0.717) is 11.5 Å². The van der Waals surface area contributed by atoms with Crippen LogP contribution in [0.2, 0.25) is 0 Å². The summed E-state index contributed by atoms with van der Waals surface area (Å²) in [4.78, 5) is 12.3. The molecule has 0 aliphatic heterocycles. The third-order valence-corrected chi connectivity index (χ3v) is 3.67. The minimum absolute atomic E-state index is 0.0549. The van der Waals surface area contributed by atoms with Crippen LogP contribution in [0.25, 0.3) is 0 Å². The second-order valence-corrected chi connectivity index (χ2v) is 5.22. The summed E-state index contributed by atoms with van der Waals surface area (Å²) in [5.41, 5.74) is 3.94. The average molecular weight is 267 g/mol. The summed E-state index contributed by atoms with van der Waals surface area (Å²) in [5, 5.41) is 3.02. The number of carbonyl (C=O) groups is 1. The van der Waals surface area contributed by atoms with Crippen molar-refractivity contribution in [2.75, 3.05) is 5.32 Å². The quantitative estimate of drug-likeness (QED) is 0.850. The minimum atomic E-state index is -0.0549. The molecule has 1 amide bonds. The Hall–Kier alpha value is -2.09. The van der Waals surface area contributed by atoms with Crippen molar-refractivity contribution in [1.29, 1.82) is 0 Å². The number of hydrogen-bond donors (Lipinski definition) is 1. The first kappa shape index (κ1) is 14.3. The topological polar surface area (TPSA) is 29.1 Å². The zero-order valence-electron chi connectivity index (χ0n) is 12.3. The van der Waals surface area contributed by atoms with Gasteiger partial charge in [0.15, 0.2) is 0 Å². The van der Waals surface area contributed by atoms with Crippen LogP contribution in [-0.4, -0.2) is 5.91 Å². The van der Waals surface area contributed by atoms with Crippen LogP contribution < -0.4 is 5.32 Å². The standard InChI is InChI=1S/C18H21NO/c1-4-14(3)16-7-5-6-8-17(16)19-18(20)15-11-9-13(2)10-12-15/h5-12,14H,4H2,1-3H3,(H,19,20)/t14-/m1/s1. The van der Waals surface area contributed by atoms with Crippen molar-refractivity contribution in [3.8, 4) is 0 Å². The molecule has 1 N–H and O–H groups in total. The fourth-order valence-electron chi connectivity index (χ4n) is 2.16. The second kappa shape index (κ2) is 6.38. The van der Waals surface area contributed by atoms with E-state index in [1.54, 1.807) is 0 Å². The van der Waals surface area contributed by atoms with Crippen LogP contribution in [0.3, 0.4) is 0 Å². The maximum atomic E-state index is 12.3. The lowest BCUT2D eigenvalue weighted by Crippen LogP contribution is -2.13. The molecule has 2 aromatic carbocycles. The van der Waals surface area contributed by atoms with Crippen molar-refractivity contribution in [2.24, 2.45) is 0 Å². The number of carbonyl (C=O) groups excluding carboxylic acids is 1. The Bertz CT molecular complexity index is 587. The summed E-state index contributed by atoms with van der Waals surface area (Å²) in [6.45, 7) is 6.35. The first-order chi connectivity index (χ1) is 9.61. The number of aryl methyl sites for hydroxylation is 1. The molecule has 20 heavy (non-hydrogen) atoms. The SMILES string of the molecule is CC[C@@H](C)c1ccccc1NC(=O)c1ccc(C)cc1. The van der Waals surface area contributed by atoms with Crippen molar-refractivity contribution in [2.45, 2.75) is 33.1 Å². The number of para-hydroxylation sites is 1. The molecular weight excluding hydrogens is 246 g/mol. The van der Waals surface area contributed by atoms with E-state index in [4.69, 9.17) is 0 Å². The Morgan fingerprint density at radius 1 is 1.10 bits per heavy atom. The molecule has 0 saturated carbocycles. The molecule has 2 heteroatoms. The van der Waals surface area contributed by atoms with Gasteiger partial charge in [-0.2, -0.15) is 0 Å². The molecule has 0 fully saturated rings. The number of rotatable bonds is 4. The third kappa shape index (κ3) is 3.27. The Kier molecular flexibility index (Phi) is 4.57. The maximum absolute atomic E-state index is 12.3. The Balaban J connectivity index is 2.21. The van der Waals surface area contributed by atoms with Crippen LogP contribution in [-0.2, 0) is 0 Å². The molecule has 104 valence electrons. The zero-order chi connectivity index (χ0) is 14.5. The summed E-state index contributed by atoms with van der Waals surface area (Å²) < 4.78 is 0. The van der Waals surface area contributed by atoms with Gasteiger partial charge in [0.2, 0.25) is 0 Å². The summed E-state index contributed by atoms with van der Waals surface area (Å²) in [5.74, 6) is 0.380. The molecule has 0 heterocycles. The van der Waals surface area contributed by atoms with Crippen LogP contribution in [0.4, 0.5) is 5.69 Å². The van der Waals surface area contributed by atoms with Gasteiger partial charge in [0, 0.05) is 11.3 Å². The van der Waals surface area contributed by atoms with E-state index >= 15 is 0 Å². The smallest absolute Gasteiger partial charge is 0.255 e. The number of amides is 1. The summed E-state index contributed by atoms with van der Waals surface area (Å²) >= 11 is 0. The fraction of sp³-hybridized carbons (Fsp3) is 0.278. The molecule has 0 saturated heterocycles. The predicted octanol–water partition coefficient (Wildman–Crippen LogP) is 4.76. The van der Waals surface area contributed by atoms with E-state index in [9.17, 15) is 4.79 Å². The van der Waals surface area contributed by atoms with Gasteiger partial charge < -0.3 is 5.32 Å². The predicted molar refractivity (Wildman–Crippen MR) is 84.3 cm³/mol. The highest BCUT2D eigenvalue weighted by molar-refractivity contribution is 6.04. The minimum Gasteiger partial charge on any atom is -0.322 e. The molecule has 2 rings (SSSR count). The average Bonchev–Trinajstić information content (AvgIpc) is 2.47. The van der Waals surface area contributed by atoms with Crippen LogP contribution in [0, 0.1) is 6.92 Å². The Morgan fingerprint density at radius 2 is 1.75 bits per heavy atom. The number of benzene rings is 2. The van der Waals surface area contributed by atoms with Gasteiger partial charge >= 0.3 is 0 Å². The van der Waals surface area contributed by atoms with E-state index in [2.05, 4.69) is 25.2 Å². The van der Waals surface area contributed by atoms with Gasteiger partial charge in [0.1, 0.15) is 0 Å². The van der Waals surface area contributed by atoms with Crippen molar-refractivity contribution < 1.29 is 4.79 Å². The highest BCUT2D eigenvalue weighted by Crippen LogP contribution is 2.26. The largest absolute Gasteiger partial charge is 0.322 e. The van der Waals surface area contributed by atoms with Crippen LogP contribution >= 0.6 is 0 Å². The van der Waals surface area contributed by atoms with Gasteiger partial charge in [-0.15, -0.1) is 0 Å². The zero-order valence-corrected chi connectivity index (χ0v) is 12.3. The van der Waals surface area contributed by atoms with Gasteiger partial charge in [0.25, 0.3) is 5.91 Å². The van der Waals surface area contributed by atoms with Gasteiger partial charge in [-0.05, 0) is 43.0 Å². The summed E-state index contributed by atoms with van der Waals surface area (Å²) in [6.07, 6.45) is 1.05. The van der Waals surface area contributed by atoms with Crippen LogP contribution in [0.15, 0.2) is 48.5 Å². The number of nitrogens with one attached hydrogen (secondary N) is 1. The summed E-state index contributed by atoms with van der Waals surface area (Å²) in [7, 11) is 0. The Morgan fingerprint density at radius 3 is 2.40 bits per heavy atom. The van der Waals surface area contributed by atoms with Gasteiger partial charge in [-0.3, -0.25) is 4.79 Å². The lowest BCUT2D eigenvalue weighted by molar-refractivity contribution is 0.102. The van der Waals surface area contributed by atoms with Crippen molar-refractivity contribution in [1.82, 2.24) is 0 Å². The monoisotopic (exact) mass is 267 g/mol. The Labute approximate surface area is 120 Å².